The molecule has 0 saturated carbocycles. The molecule has 0 aromatic heterocycles. The van der Waals surface area contributed by atoms with Crippen molar-refractivity contribution in [2.24, 2.45) is 5.92 Å². The van der Waals surface area contributed by atoms with Crippen LogP contribution in [-0.2, 0) is 23.4 Å². The van der Waals surface area contributed by atoms with Gasteiger partial charge in [0.25, 0.3) is 8.32 Å². The fourth-order valence-corrected chi connectivity index (χ4v) is 11.8. The van der Waals surface area contributed by atoms with Crippen molar-refractivity contribution in [2.75, 3.05) is 13.2 Å². The van der Waals surface area contributed by atoms with Gasteiger partial charge in [-0.15, -0.1) is 0 Å². The van der Waals surface area contributed by atoms with Gasteiger partial charge in [0, 0.05) is 18.8 Å². The number of amides is 1. The number of carbonyl (C=O) groups excluding carboxylic acids is 1. The first-order valence-corrected chi connectivity index (χ1v) is 16.5. The molecule has 3 aliphatic rings. The molecule has 7 atom stereocenters. The second kappa shape index (κ2) is 11.1. The van der Waals surface area contributed by atoms with Crippen molar-refractivity contribution in [3.63, 3.8) is 0 Å². The number of fused-ring (bicyclic) bond motifs is 2. The van der Waals surface area contributed by atoms with Crippen LogP contribution in [0.4, 0.5) is 0 Å². The van der Waals surface area contributed by atoms with E-state index in [2.05, 4.69) is 101 Å². The van der Waals surface area contributed by atoms with Gasteiger partial charge in [-0.1, -0.05) is 88.4 Å². The molecule has 2 aromatic carbocycles. The van der Waals surface area contributed by atoms with Crippen LogP contribution in [0, 0.1) is 5.92 Å². The molecule has 1 N–H and O–H groups in total. The summed E-state index contributed by atoms with van der Waals surface area (Å²) < 4.78 is 25.9. The SMILES string of the molecule is CC[C@@]12CO[C@@H](CO1)[C@@H]2CC(=O)NC(C)[C@H]1O[C@@H](C)C[C@@H]1O[Si](c1ccccc1)(c1ccccc1)C(C)(C)C. The van der Waals surface area contributed by atoms with E-state index in [9.17, 15) is 4.79 Å². The molecule has 2 aromatic rings. The lowest BCUT2D eigenvalue weighted by Crippen LogP contribution is -2.68. The molecule has 39 heavy (non-hydrogen) atoms. The number of nitrogens with one attached hydrogen (secondary N) is 1. The summed E-state index contributed by atoms with van der Waals surface area (Å²) in [6, 6.07) is 21.2. The van der Waals surface area contributed by atoms with E-state index in [0.29, 0.717) is 19.6 Å². The van der Waals surface area contributed by atoms with Crippen molar-refractivity contribution in [3.05, 3.63) is 60.7 Å². The van der Waals surface area contributed by atoms with E-state index in [1.165, 1.54) is 10.4 Å². The number of hydrogen-bond acceptors (Lipinski definition) is 5. The first kappa shape index (κ1) is 28.5. The number of hydrogen-bond donors (Lipinski definition) is 1. The van der Waals surface area contributed by atoms with Gasteiger partial charge >= 0.3 is 0 Å². The van der Waals surface area contributed by atoms with Gasteiger partial charge in [-0.2, -0.15) is 0 Å². The van der Waals surface area contributed by atoms with E-state index in [0.717, 1.165) is 12.8 Å². The van der Waals surface area contributed by atoms with Crippen LogP contribution >= 0.6 is 0 Å². The number of rotatable bonds is 9. The molecule has 212 valence electrons. The first-order valence-electron chi connectivity index (χ1n) is 14.6. The molecule has 5 rings (SSSR count). The predicted molar refractivity (Wildman–Crippen MR) is 156 cm³/mol. The second-order valence-electron chi connectivity index (χ2n) is 12.7. The maximum absolute atomic E-state index is 13.3. The summed E-state index contributed by atoms with van der Waals surface area (Å²) in [7, 11) is -2.75. The molecule has 0 aliphatic carbocycles. The Morgan fingerprint density at radius 2 is 1.72 bits per heavy atom. The molecular weight excluding hydrogens is 506 g/mol. The molecular formula is C32H45NO5Si. The maximum atomic E-state index is 13.3. The van der Waals surface area contributed by atoms with Crippen molar-refractivity contribution >= 4 is 24.6 Å². The molecule has 3 fully saturated rings. The Labute approximate surface area is 234 Å². The minimum atomic E-state index is -2.75. The van der Waals surface area contributed by atoms with E-state index in [-0.39, 0.29) is 52.9 Å². The molecule has 3 heterocycles. The normalized spacial score (nSPS) is 31.4. The average molecular weight is 552 g/mol. The molecule has 0 radical (unpaired) electrons. The van der Waals surface area contributed by atoms with Gasteiger partial charge in [0.1, 0.15) is 6.10 Å². The minimum absolute atomic E-state index is 0.0139. The Hall–Kier alpha value is -2.03. The summed E-state index contributed by atoms with van der Waals surface area (Å²) in [6.45, 7) is 14.3. The Morgan fingerprint density at radius 1 is 1.10 bits per heavy atom. The van der Waals surface area contributed by atoms with Gasteiger partial charge in [-0.05, 0) is 35.7 Å². The summed E-state index contributed by atoms with van der Waals surface area (Å²) in [5.41, 5.74) is -0.321. The van der Waals surface area contributed by atoms with Crippen molar-refractivity contribution in [1.29, 1.82) is 0 Å². The van der Waals surface area contributed by atoms with Gasteiger partial charge in [-0.25, -0.2) is 0 Å². The third-order valence-corrected chi connectivity index (χ3v) is 14.2. The Kier molecular flexibility index (Phi) is 8.10. The van der Waals surface area contributed by atoms with E-state index < -0.39 is 8.32 Å². The summed E-state index contributed by atoms with van der Waals surface area (Å²) in [4.78, 5) is 13.3. The fraction of sp³-hybridized carbons (Fsp3) is 0.594. The van der Waals surface area contributed by atoms with Gasteiger partial charge < -0.3 is 24.0 Å². The zero-order valence-electron chi connectivity index (χ0n) is 24.3. The largest absolute Gasteiger partial charge is 0.402 e. The van der Waals surface area contributed by atoms with Gasteiger partial charge in [0.15, 0.2) is 0 Å². The molecule has 2 bridgehead atoms. The van der Waals surface area contributed by atoms with Crippen LogP contribution < -0.4 is 15.7 Å². The molecule has 6 nitrogen and oxygen atoms in total. The Bertz CT molecular complexity index is 1070. The van der Waals surface area contributed by atoms with Crippen LogP contribution in [0.5, 0.6) is 0 Å². The standard InChI is InChI=1S/C32H45NO5Si/c1-7-32-21-35-28(20-36-32)26(32)19-29(34)33-23(3)30-27(18-22(2)37-30)38-39(31(4,5)6,24-14-10-8-11-15-24)25-16-12-9-13-17-25/h8-17,22-23,26-28,30H,7,18-21H2,1-6H3,(H,33,34)/t22-,23?,26-,27-,28-,30+,32-/m0/s1. The van der Waals surface area contributed by atoms with E-state index >= 15 is 0 Å². The fourth-order valence-electron chi connectivity index (χ4n) is 7.10. The molecule has 3 aliphatic heterocycles. The van der Waals surface area contributed by atoms with Crippen molar-refractivity contribution in [3.8, 4) is 0 Å². The monoisotopic (exact) mass is 551 g/mol. The topological polar surface area (TPSA) is 66.0 Å². The zero-order chi connectivity index (χ0) is 27.8. The van der Waals surface area contributed by atoms with Crippen molar-refractivity contribution in [1.82, 2.24) is 5.32 Å². The number of carbonyl (C=O) groups is 1. The van der Waals surface area contributed by atoms with E-state index in [1.807, 2.05) is 6.92 Å². The molecule has 7 heteroatoms. The minimum Gasteiger partial charge on any atom is -0.402 e. The lowest BCUT2D eigenvalue weighted by atomic mass is 9.84. The lowest BCUT2D eigenvalue weighted by Gasteiger charge is -2.45. The van der Waals surface area contributed by atoms with E-state index in [4.69, 9.17) is 18.6 Å². The van der Waals surface area contributed by atoms with Crippen LogP contribution in [0.1, 0.15) is 60.8 Å². The molecule has 0 spiro atoms. The zero-order valence-corrected chi connectivity index (χ0v) is 25.3. The lowest BCUT2D eigenvalue weighted by molar-refractivity contribution is -0.125. The molecule has 1 unspecified atom stereocenters. The highest BCUT2D eigenvalue weighted by Crippen LogP contribution is 2.45. The summed E-state index contributed by atoms with van der Waals surface area (Å²) >= 11 is 0. The summed E-state index contributed by atoms with van der Waals surface area (Å²) in [5.74, 6) is 0.126. The van der Waals surface area contributed by atoms with Crippen molar-refractivity contribution in [2.45, 2.75) is 102 Å². The number of benzene rings is 2. The number of ether oxygens (including phenoxy) is 3. The molecule has 3 saturated heterocycles. The van der Waals surface area contributed by atoms with Crippen LogP contribution in [0.3, 0.4) is 0 Å². The summed E-state index contributed by atoms with van der Waals surface area (Å²) in [6.07, 6.45) is 1.74. The van der Waals surface area contributed by atoms with Gasteiger partial charge in [-0.3, -0.25) is 4.79 Å². The van der Waals surface area contributed by atoms with Gasteiger partial charge in [0.2, 0.25) is 5.91 Å². The highest BCUT2D eigenvalue weighted by molar-refractivity contribution is 6.99. The quantitative estimate of drug-likeness (QED) is 0.474. The predicted octanol–water partition coefficient (Wildman–Crippen LogP) is 4.20. The van der Waals surface area contributed by atoms with Crippen LogP contribution in [0.15, 0.2) is 60.7 Å². The van der Waals surface area contributed by atoms with Crippen molar-refractivity contribution < 1.29 is 23.4 Å². The average Bonchev–Trinajstić information content (AvgIpc) is 3.58. The Balaban J connectivity index is 1.39. The van der Waals surface area contributed by atoms with E-state index in [1.54, 1.807) is 0 Å². The highest BCUT2D eigenvalue weighted by Gasteiger charge is 2.56. The summed E-state index contributed by atoms with van der Waals surface area (Å²) in [5, 5.41) is 5.64. The van der Waals surface area contributed by atoms with Crippen LogP contribution in [0.2, 0.25) is 5.04 Å². The Morgan fingerprint density at radius 3 is 2.23 bits per heavy atom. The first-order chi connectivity index (χ1) is 18.6. The smallest absolute Gasteiger partial charge is 0.261 e. The van der Waals surface area contributed by atoms with Crippen LogP contribution in [0.25, 0.3) is 0 Å². The third-order valence-electron chi connectivity index (χ3n) is 9.15. The highest BCUT2D eigenvalue weighted by atomic mass is 28.4. The second-order valence-corrected chi connectivity index (χ2v) is 17.0. The third kappa shape index (κ3) is 5.24. The van der Waals surface area contributed by atoms with Crippen LogP contribution in [-0.4, -0.2) is 63.5 Å². The van der Waals surface area contributed by atoms with Gasteiger partial charge in [0.05, 0.1) is 43.2 Å². The maximum Gasteiger partial charge on any atom is 0.261 e. The molecule has 1 amide bonds.